The number of nitro benzene ring substituents is 2. The van der Waals surface area contributed by atoms with Crippen molar-refractivity contribution in [2.24, 2.45) is 0 Å². The van der Waals surface area contributed by atoms with Crippen LogP contribution in [-0.2, 0) is 0 Å². The van der Waals surface area contributed by atoms with Crippen LogP contribution in [0.5, 0.6) is 11.5 Å². The van der Waals surface area contributed by atoms with Gasteiger partial charge in [0.25, 0.3) is 23.2 Å². The minimum Gasteiger partial charge on any atom is -0.457 e. The number of rotatable bonds is 8. The van der Waals surface area contributed by atoms with Gasteiger partial charge in [-0.2, -0.15) is 0 Å². The maximum Gasteiger partial charge on any atom is 0.270 e. The Morgan fingerprint density at radius 3 is 1.32 bits per heavy atom. The number of ether oxygens (including phenoxy) is 1. The van der Waals surface area contributed by atoms with Crippen molar-refractivity contribution < 1.29 is 24.2 Å². The first-order chi connectivity index (χ1) is 17.8. The van der Waals surface area contributed by atoms with Gasteiger partial charge in [0.1, 0.15) is 11.5 Å². The third-order valence-corrected chi connectivity index (χ3v) is 5.10. The van der Waals surface area contributed by atoms with Crippen molar-refractivity contribution in [2.45, 2.75) is 0 Å². The van der Waals surface area contributed by atoms with E-state index in [1.54, 1.807) is 48.5 Å². The van der Waals surface area contributed by atoms with Crippen molar-refractivity contribution in [3.63, 3.8) is 0 Å². The lowest BCUT2D eigenvalue weighted by molar-refractivity contribution is -0.385. The molecule has 0 heterocycles. The third kappa shape index (κ3) is 6.31. The van der Waals surface area contributed by atoms with Crippen LogP contribution in [0, 0.1) is 20.2 Å². The van der Waals surface area contributed by atoms with Crippen molar-refractivity contribution in [3.05, 3.63) is 128 Å². The summed E-state index contributed by atoms with van der Waals surface area (Å²) < 4.78 is 5.78. The summed E-state index contributed by atoms with van der Waals surface area (Å²) in [6.07, 6.45) is 0. The van der Waals surface area contributed by atoms with Crippen LogP contribution in [0.25, 0.3) is 0 Å². The van der Waals surface area contributed by atoms with Crippen LogP contribution >= 0.6 is 0 Å². The van der Waals surface area contributed by atoms with E-state index in [2.05, 4.69) is 10.6 Å². The Labute approximate surface area is 209 Å². The molecule has 0 saturated carbocycles. The molecule has 11 heteroatoms. The fourth-order valence-electron chi connectivity index (χ4n) is 3.28. The molecule has 37 heavy (non-hydrogen) atoms. The summed E-state index contributed by atoms with van der Waals surface area (Å²) in [6, 6.07) is 23.9. The molecular formula is C26H18N4O7. The first-order valence-corrected chi connectivity index (χ1v) is 10.8. The summed E-state index contributed by atoms with van der Waals surface area (Å²) >= 11 is 0. The summed E-state index contributed by atoms with van der Waals surface area (Å²) in [5.41, 5.74) is 0.919. The average molecular weight is 498 g/mol. The van der Waals surface area contributed by atoms with Gasteiger partial charge in [0.15, 0.2) is 0 Å². The number of nitro groups is 2. The number of hydrogen-bond acceptors (Lipinski definition) is 7. The monoisotopic (exact) mass is 498 g/mol. The van der Waals surface area contributed by atoms with Crippen LogP contribution in [0.2, 0.25) is 0 Å². The van der Waals surface area contributed by atoms with E-state index in [1.165, 1.54) is 48.5 Å². The summed E-state index contributed by atoms with van der Waals surface area (Å²) in [6.45, 7) is 0. The van der Waals surface area contributed by atoms with Crippen molar-refractivity contribution in [1.82, 2.24) is 0 Å². The highest BCUT2D eigenvalue weighted by Gasteiger charge is 2.13. The Kier molecular flexibility index (Phi) is 7.15. The van der Waals surface area contributed by atoms with E-state index in [0.717, 1.165) is 0 Å². The molecule has 0 bridgehead atoms. The number of carbonyl (C=O) groups excluding carboxylic acids is 2. The largest absolute Gasteiger partial charge is 0.457 e. The molecule has 4 rings (SSSR count). The molecule has 2 N–H and O–H groups in total. The first kappa shape index (κ1) is 24.5. The molecule has 0 aliphatic rings. The van der Waals surface area contributed by atoms with Crippen molar-refractivity contribution >= 4 is 34.6 Å². The molecule has 0 spiro atoms. The van der Waals surface area contributed by atoms with Crippen LogP contribution in [0.4, 0.5) is 22.7 Å². The highest BCUT2D eigenvalue weighted by molar-refractivity contribution is 6.05. The Morgan fingerprint density at radius 1 is 0.595 bits per heavy atom. The number of amides is 2. The Bertz CT molecular complexity index is 1370. The quantitative estimate of drug-likeness (QED) is 0.230. The minimum absolute atomic E-state index is 0.159. The lowest BCUT2D eigenvalue weighted by Gasteiger charge is -2.10. The van der Waals surface area contributed by atoms with E-state index in [0.29, 0.717) is 22.9 Å². The van der Waals surface area contributed by atoms with Crippen molar-refractivity contribution in [3.8, 4) is 11.5 Å². The highest BCUT2D eigenvalue weighted by atomic mass is 16.6. The molecule has 4 aromatic rings. The second-order valence-electron chi connectivity index (χ2n) is 7.67. The molecule has 0 atom stereocenters. The van der Waals surface area contributed by atoms with Crippen molar-refractivity contribution in [2.75, 3.05) is 10.6 Å². The van der Waals surface area contributed by atoms with Crippen LogP contribution in [0.1, 0.15) is 20.7 Å². The number of anilines is 2. The zero-order valence-corrected chi connectivity index (χ0v) is 19.0. The van der Waals surface area contributed by atoms with Gasteiger partial charge < -0.3 is 15.4 Å². The molecule has 0 aromatic heterocycles. The smallest absolute Gasteiger partial charge is 0.270 e. The molecular weight excluding hydrogens is 480 g/mol. The molecule has 184 valence electrons. The highest BCUT2D eigenvalue weighted by Crippen LogP contribution is 2.25. The normalized spacial score (nSPS) is 10.3. The van der Waals surface area contributed by atoms with Gasteiger partial charge in [0.05, 0.1) is 9.85 Å². The van der Waals surface area contributed by atoms with Crippen LogP contribution in [0.3, 0.4) is 0 Å². The van der Waals surface area contributed by atoms with E-state index in [9.17, 15) is 29.8 Å². The lowest BCUT2D eigenvalue weighted by atomic mass is 10.2. The minimum atomic E-state index is -0.569. The number of nitrogens with one attached hydrogen (secondary N) is 2. The number of nitrogens with zero attached hydrogens (tertiary/aromatic N) is 2. The molecule has 0 fully saturated rings. The second kappa shape index (κ2) is 10.8. The average Bonchev–Trinajstić information content (AvgIpc) is 2.91. The van der Waals surface area contributed by atoms with Gasteiger partial charge in [-0.3, -0.25) is 29.8 Å². The number of hydrogen-bond donors (Lipinski definition) is 2. The third-order valence-electron chi connectivity index (χ3n) is 5.10. The van der Waals surface area contributed by atoms with E-state index in [-0.39, 0.29) is 22.5 Å². The predicted molar refractivity (Wildman–Crippen MR) is 135 cm³/mol. The van der Waals surface area contributed by atoms with Gasteiger partial charge in [0, 0.05) is 46.8 Å². The molecule has 4 aromatic carbocycles. The molecule has 0 unspecified atom stereocenters. The van der Waals surface area contributed by atoms with Crippen molar-refractivity contribution in [1.29, 1.82) is 0 Å². The van der Waals surface area contributed by atoms with Gasteiger partial charge in [0.2, 0.25) is 0 Å². The number of non-ortho nitro benzene ring substituents is 2. The topological polar surface area (TPSA) is 154 Å². The van der Waals surface area contributed by atoms with Crippen LogP contribution in [0.15, 0.2) is 97.1 Å². The SMILES string of the molecule is O=C(Nc1ccc(Oc2ccc(NC(=O)c3cccc([N+](=O)[O-])c3)cc2)cc1)c1cccc([N+](=O)[O-])c1. The standard InChI is InChI=1S/C26H18N4O7/c31-25(17-3-1-5-21(15-17)29(33)34)27-19-7-11-23(12-8-19)37-24-13-9-20(10-14-24)28-26(32)18-4-2-6-22(16-18)30(35)36/h1-16H,(H,27,31)(H,28,32). The zero-order valence-electron chi connectivity index (χ0n) is 19.0. The summed E-state index contributed by atoms with van der Waals surface area (Å²) in [7, 11) is 0. The first-order valence-electron chi connectivity index (χ1n) is 10.8. The summed E-state index contributed by atoms with van der Waals surface area (Å²) in [4.78, 5) is 45.4. The second-order valence-corrected chi connectivity index (χ2v) is 7.67. The van der Waals surface area contributed by atoms with E-state index >= 15 is 0 Å². The molecule has 0 radical (unpaired) electrons. The van der Waals surface area contributed by atoms with Gasteiger partial charge in [-0.05, 0) is 60.7 Å². The fourth-order valence-corrected chi connectivity index (χ4v) is 3.28. The molecule has 2 amide bonds. The van der Waals surface area contributed by atoms with E-state index in [4.69, 9.17) is 4.74 Å². The maximum atomic E-state index is 12.4. The molecule has 11 nitrogen and oxygen atoms in total. The molecule has 0 saturated heterocycles. The van der Waals surface area contributed by atoms with E-state index in [1.807, 2.05) is 0 Å². The van der Waals surface area contributed by atoms with Crippen LogP contribution < -0.4 is 15.4 Å². The van der Waals surface area contributed by atoms with Crippen LogP contribution in [-0.4, -0.2) is 21.7 Å². The fraction of sp³-hybridized carbons (Fsp3) is 0. The lowest BCUT2D eigenvalue weighted by Crippen LogP contribution is -2.12. The Balaban J connectivity index is 1.34. The van der Waals surface area contributed by atoms with E-state index < -0.39 is 21.7 Å². The zero-order chi connectivity index (χ0) is 26.4. The van der Waals surface area contributed by atoms with Gasteiger partial charge in [-0.25, -0.2) is 0 Å². The Morgan fingerprint density at radius 2 is 0.973 bits per heavy atom. The predicted octanol–water partition coefficient (Wildman–Crippen LogP) is 5.80. The number of benzene rings is 4. The van der Waals surface area contributed by atoms with Gasteiger partial charge in [-0.1, -0.05) is 12.1 Å². The van der Waals surface area contributed by atoms with Gasteiger partial charge >= 0.3 is 0 Å². The Hall–Kier alpha value is -5.58. The number of carbonyl (C=O) groups is 2. The van der Waals surface area contributed by atoms with Gasteiger partial charge in [-0.15, -0.1) is 0 Å². The summed E-state index contributed by atoms with van der Waals surface area (Å²) in [5.74, 6) is 0.00341. The molecule has 0 aliphatic carbocycles. The molecule has 0 aliphatic heterocycles. The summed E-state index contributed by atoms with van der Waals surface area (Å²) in [5, 5.41) is 27.1. The maximum absolute atomic E-state index is 12.4.